The molecule has 5 nitrogen and oxygen atoms in total. The van der Waals surface area contributed by atoms with Crippen LogP contribution in [0.3, 0.4) is 0 Å². The highest BCUT2D eigenvalue weighted by atomic mass is 79.9. The van der Waals surface area contributed by atoms with Crippen LogP contribution in [0.15, 0.2) is 46.9 Å². The van der Waals surface area contributed by atoms with Gasteiger partial charge < -0.3 is 20.5 Å². The fraction of sp³-hybridized carbons (Fsp3) is 0.316. The summed E-state index contributed by atoms with van der Waals surface area (Å²) in [5, 5.41) is 14.9. The maximum atomic E-state index is 12.1. The van der Waals surface area contributed by atoms with Crippen molar-refractivity contribution in [3.63, 3.8) is 0 Å². The topological polar surface area (TPSA) is 70.6 Å². The minimum absolute atomic E-state index is 0.0564. The smallest absolute Gasteiger partial charge is 0.262 e. The van der Waals surface area contributed by atoms with Crippen LogP contribution in [-0.2, 0) is 11.3 Å². The lowest BCUT2D eigenvalue weighted by atomic mass is 10.2. The van der Waals surface area contributed by atoms with Crippen molar-refractivity contribution in [3.8, 4) is 5.75 Å². The summed E-state index contributed by atoms with van der Waals surface area (Å²) >= 11 is 3.45. The van der Waals surface area contributed by atoms with Crippen molar-refractivity contribution in [2.24, 2.45) is 0 Å². The van der Waals surface area contributed by atoms with Crippen LogP contribution in [0.1, 0.15) is 17.5 Å². The van der Waals surface area contributed by atoms with Gasteiger partial charge in [0, 0.05) is 28.9 Å². The molecule has 0 saturated carbocycles. The number of halogens is 1. The lowest BCUT2D eigenvalue weighted by molar-refractivity contribution is -0.118. The molecule has 0 fully saturated rings. The predicted molar refractivity (Wildman–Crippen MR) is 103 cm³/mol. The molecule has 0 aromatic heterocycles. The van der Waals surface area contributed by atoms with Gasteiger partial charge in [0.2, 0.25) is 0 Å². The Hall–Kier alpha value is -1.89. The lowest BCUT2D eigenvalue weighted by Crippen LogP contribution is -2.21. The number of rotatable bonds is 9. The SMILES string of the molecule is Cc1ccc(NC(=O)COc2ccc(Br)cc2CNCCCO)cc1. The van der Waals surface area contributed by atoms with E-state index in [1.54, 1.807) is 0 Å². The van der Waals surface area contributed by atoms with Gasteiger partial charge in [-0.1, -0.05) is 33.6 Å². The normalized spacial score (nSPS) is 10.5. The Morgan fingerprint density at radius 2 is 1.96 bits per heavy atom. The number of hydrogen-bond acceptors (Lipinski definition) is 4. The van der Waals surface area contributed by atoms with Crippen molar-refractivity contribution in [2.75, 3.05) is 25.1 Å². The van der Waals surface area contributed by atoms with Gasteiger partial charge in [0.1, 0.15) is 5.75 Å². The number of benzene rings is 2. The Bertz CT molecular complexity index is 690. The summed E-state index contributed by atoms with van der Waals surface area (Å²) in [6.07, 6.45) is 0.698. The Kier molecular flexibility index (Phi) is 7.91. The first-order chi connectivity index (χ1) is 12.1. The van der Waals surface area contributed by atoms with Gasteiger partial charge >= 0.3 is 0 Å². The first kappa shape index (κ1) is 19.4. The Balaban J connectivity index is 1.90. The fourth-order valence-corrected chi connectivity index (χ4v) is 2.64. The number of aliphatic hydroxyl groups is 1. The number of ether oxygens (including phenoxy) is 1. The van der Waals surface area contributed by atoms with E-state index < -0.39 is 0 Å². The number of hydrogen-bond donors (Lipinski definition) is 3. The van der Waals surface area contributed by atoms with Crippen LogP contribution >= 0.6 is 15.9 Å². The molecule has 0 saturated heterocycles. The van der Waals surface area contributed by atoms with Crippen molar-refractivity contribution in [1.82, 2.24) is 5.32 Å². The third-order valence-corrected chi connectivity index (χ3v) is 4.04. The van der Waals surface area contributed by atoms with E-state index in [4.69, 9.17) is 9.84 Å². The van der Waals surface area contributed by atoms with Crippen LogP contribution < -0.4 is 15.4 Å². The van der Waals surface area contributed by atoms with Gasteiger partial charge in [-0.15, -0.1) is 0 Å². The van der Waals surface area contributed by atoms with Crippen molar-refractivity contribution < 1.29 is 14.6 Å². The van der Waals surface area contributed by atoms with Gasteiger partial charge in [0.05, 0.1) is 0 Å². The van der Waals surface area contributed by atoms with Crippen molar-refractivity contribution >= 4 is 27.5 Å². The first-order valence-corrected chi connectivity index (χ1v) is 8.97. The molecule has 2 rings (SSSR count). The molecule has 0 aliphatic rings. The van der Waals surface area contributed by atoms with Crippen LogP contribution in [0.4, 0.5) is 5.69 Å². The lowest BCUT2D eigenvalue weighted by Gasteiger charge is -2.13. The maximum Gasteiger partial charge on any atom is 0.262 e. The van der Waals surface area contributed by atoms with Crippen molar-refractivity contribution in [3.05, 3.63) is 58.1 Å². The molecule has 0 radical (unpaired) electrons. The number of aryl methyl sites for hydroxylation is 1. The summed E-state index contributed by atoms with van der Waals surface area (Å²) in [6.45, 7) is 3.43. The summed E-state index contributed by atoms with van der Waals surface area (Å²) in [7, 11) is 0. The molecule has 0 bridgehead atoms. The molecule has 1 amide bonds. The van der Waals surface area contributed by atoms with Crippen LogP contribution in [0, 0.1) is 6.92 Å². The second kappa shape index (κ2) is 10.2. The molecule has 134 valence electrons. The molecule has 6 heteroatoms. The van der Waals surface area contributed by atoms with E-state index in [0.717, 1.165) is 27.8 Å². The molecule has 25 heavy (non-hydrogen) atoms. The third kappa shape index (κ3) is 6.86. The minimum Gasteiger partial charge on any atom is -0.483 e. The zero-order chi connectivity index (χ0) is 18.1. The van der Waals surface area contributed by atoms with Crippen molar-refractivity contribution in [1.29, 1.82) is 0 Å². The molecule has 3 N–H and O–H groups in total. The van der Waals surface area contributed by atoms with E-state index in [1.807, 2.05) is 49.4 Å². The minimum atomic E-state index is -0.203. The second-order valence-electron chi connectivity index (χ2n) is 5.71. The highest BCUT2D eigenvalue weighted by Crippen LogP contribution is 2.23. The maximum absolute atomic E-state index is 12.1. The van der Waals surface area contributed by atoms with Gasteiger partial charge in [-0.3, -0.25) is 4.79 Å². The first-order valence-electron chi connectivity index (χ1n) is 8.18. The molecule has 0 aliphatic carbocycles. The van der Waals surface area contributed by atoms with E-state index in [2.05, 4.69) is 26.6 Å². The summed E-state index contributed by atoms with van der Waals surface area (Å²) in [6, 6.07) is 13.3. The zero-order valence-corrected chi connectivity index (χ0v) is 15.8. The molecule has 0 unspecified atom stereocenters. The third-order valence-electron chi connectivity index (χ3n) is 3.54. The number of carbonyl (C=O) groups is 1. The van der Waals surface area contributed by atoms with Crippen LogP contribution in [-0.4, -0.2) is 30.8 Å². The van der Waals surface area contributed by atoms with Crippen molar-refractivity contribution in [2.45, 2.75) is 19.9 Å². The average molecular weight is 407 g/mol. The molecule has 0 atom stereocenters. The van der Waals surface area contributed by atoms with Crippen LogP contribution in [0.25, 0.3) is 0 Å². The number of anilines is 1. The van der Waals surface area contributed by atoms with E-state index in [1.165, 1.54) is 0 Å². The number of carbonyl (C=O) groups excluding carboxylic acids is 1. The number of aliphatic hydroxyl groups excluding tert-OH is 1. The largest absolute Gasteiger partial charge is 0.483 e. The zero-order valence-electron chi connectivity index (χ0n) is 14.2. The Morgan fingerprint density at radius 3 is 2.68 bits per heavy atom. The molecule has 2 aromatic rings. The summed E-state index contributed by atoms with van der Waals surface area (Å²) < 4.78 is 6.63. The summed E-state index contributed by atoms with van der Waals surface area (Å²) in [4.78, 5) is 12.1. The monoisotopic (exact) mass is 406 g/mol. The molecule has 2 aromatic carbocycles. The van der Waals surface area contributed by atoms with Crippen LogP contribution in [0.2, 0.25) is 0 Å². The van der Waals surface area contributed by atoms with Gasteiger partial charge in [0.15, 0.2) is 6.61 Å². The fourth-order valence-electron chi connectivity index (χ4n) is 2.23. The predicted octanol–water partition coefficient (Wildman–Crippen LogP) is 3.25. The number of amides is 1. The quantitative estimate of drug-likeness (QED) is 0.559. The second-order valence-corrected chi connectivity index (χ2v) is 6.62. The Labute approximate surface area is 156 Å². The van der Waals surface area contributed by atoms with E-state index in [-0.39, 0.29) is 19.1 Å². The summed E-state index contributed by atoms with van der Waals surface area (Å²) in [5.41, 5.74) is 2.85. The van der Waals surface area contributed by atoms with E-state index in [0.29, 0.717) is 18.7 Å². The van der Waals surface area contributed by atoms with Gasteiger partial charge in [-0.25, -0.2) is 0 Å². The molecular weight excluding hydrogens is 384 g/mol. The van der Waals surface area contributed by atoms with Gasteiger partial charge in [-0.2, -0.15) is 0 Å². The van der Waals surface area contributed by atoms with Gasteiger partial charge in [0.25, 0.3) is 5.91 Å². The molecule has 0 spiro atoms. The number of nitrogens with one attached hydrogen (secondary N) is 2. The van der Waals surface area contributed by atoms with E-state index in [9.17, 15) is 4.79 Å². The average Bonchev–Trinajstić information content (AvgIpc) is 2.60. The van der Waals surface area contributed by atoms with E-state index >= 15 is 0 Å². The molecule has 0 aliphatic heterocycles. The highest BCUT2D eigenvalue weighted by molar-refractivity contribution is 9.10. The van der Waals surface area contributed by atoms with Crippen LogP contribution in [0.5, 0.6) is 5.75 Å². The summed E-state index contributed by atoms with van der Waals surface area (Å²) in [5.74, 6) is 0.463. The highest BCUT2D eigenvalue weighted by Gasteiger charge is 2.08. The van der Waals surface area contributed by atoms with Gasteiger partial charge in [-0.05, 0) is 50.2 Å². The molecule has 0 heterocycles. The molecular formula is C19H23BrN2O3. The Morgan fingerprint density at radius 1 is 1.20 bits per heavy atom. The standard InChI is InChI=1S/C19H23BrN2O3/c1-14-3-6-17(7-4-14)22-19(24)13-25-18-8-5-16(20)11-15(18)12-21-9-2-10-23/h3-8,11,21,23H,2,9-10,12-13H2,1H3,(H,22,24).